The van der Waals surface area contributed by atoms with Crippen LogP contribution in [-0.4, -0.2) is 5.97 Å². The Bertz CT molecular complexity index is 381. The van der Waals surface area contributed by atoms with Crippen LogP contribution >= 0.6 is 0 Å². The van der Waals surface area contributed by atoms with Gasteiger partial charge in [0.05, 0.1) is 6.07 Å². The Balaban J connectivity index is 2.68. The summed E-state index contributed by atoms with van der Waals surface area (Å²) < 4.78 is 5.13. The van der Waals surface area contributed by atoms with Gasteiger partial charge in [0.15, 0.2) is 0 Å². The molecule has 0 amide bonds. The number of nitriles is 1. The second-order valence-electron chi connectivity index (χ2n) is 3.73. The summed E-state index contributed by atoms with van der Waals surface area (Å²) in [7, 11) is 0. The van der Waals surface area contributed by atoms with Crippen molar-refractivity contribution in [2.24, 2.45) is 11.8 Å². The molecule has 0 bridgehead atoms. The van der Waals surface area contributed by atoms with Crippen LogP contribution in [0.5, 0.6) is 5.75 Å². The van der Waals surface area contributed by atoms with E-state index in [9.17, 15) is 4.79 Å². The zero-order valence-electron chi connectivity index (χ0n) is 9.51. The minimum atomic E-state index is -0.690. The van der Waals surface area contributed by atoms with E-state index in [0.717, 1.165) is 6.42 Å². The molecule has 1 aromatic carbocycles. The van der Waals surface area contributed by atoms with Crippen molar-refractivity contribution in [3.8, 4) is 11.8 Å². The number of carbonyl (C=O) groups excluding carboxylic acids is 1. The maximum absolute atomic E-state index is 11.7. The fourth-order valence-corrected chi connectivity index (χ4v) is 1.32. The molecule has 2 atom stereocenters. The predicted molar refractivity (Wildman–Crippen MR) is 60.6 cm³/mol. The first-order valence-corrected chi connectivity index (χ1v) is 5.35. The first kappa shape index (κ1) is 12.3. The van der Waals surface area contributed by atoms with E-state index in [-0.39, 0.29) is 5.92 Å². The van der Waals surface area contributed by atoms with E-state index < -0.39 is 11.9 Å². The van der Waals surface area contributed by atoms with Crippen molar-refractivity contribution in [2.45, 2.75) is 20.3 Å². The van der Waals surface area contributed by atoms with Crippen LogP contribution in [0.4, 0.5) is 0 Å². The molecule has 0 aliphatic heterocycles. The summed E-state index contributed by atoms with van der Waals surface area (Å²) in [6.45, 7) is 3.82. The lowest BCUT2D eigenvalue weighted by Gasteiger charge is -2.14. The third-order valence-corrected chi connectivity index (χ3v) is 2.57. The molecule has 0 spiro atoms. The smallest absolute Gasteiger partial charge is 0.328 e. The van der Waals surface area contributed by atoms with Crippen molar-refractivity contribution in [1.29, 1.82) is 5.26 Å². The van der Waals surface area contributed by atoms with Gasteiger partial charge in [-0.05, 0) is 18.1 Å². The van der Waals surface area contributed by atoms with Crippen LogP contribution in [0.15, 0.2) is 30.3 Å². The Morgan fingerprint density at radius 2 is 2.06 bits per heavy atom. The van der Waals surface area contributed by atoms with E-state index in [1.54, 1.807) is 24.3 Å². The topological polar surface area (TPSA) is 50.1 Å². The van der Waals surface area contributed by atoms with Gasteiger partial charge < -0.3 is 4.74 Å². The van der Waals surface area contributed by atoms with Gasteiger partial charge in [-0.1, -0.05) is 38.5 Å². The number of para-hydroxylation sites is 1. The van der Waals surface area contributed by atoms with Crippen LogP contribution in [0.25, 0.3) is 0 Å². The lowest BCUT2D eigenvalue weighted by atomic mass is 9.93. The van der Waals surface area contributed by atoms with Gasteiger partial charge in [0.2, 0.25) is 0 Å². The van der Waals surface area contributed by atoms with Crippen molar-refractivity contribution in [3.05, 3.63) is 30.3 Å². The Hall–Kier alpha value is -1.82. The van der Waals surface area contributed by atoms with Crippen LogP contribution < -0.4 is 4.74 Å². The highest BCUT2D eigenvalue weighted by atomic mass is 16.5. The molecule has 3 heteroatoms. The van der Waals surface area contributed by atoms with Crippen molar-refractivity contribution in [2.75, 3.05) is 0 Å². The van der Waals surface area contributed by atoms with Crippen LogP contribution in [-0.2, 0) is 4.79 Å². The molecule has 3 nitrogen and oxygen atoms in total. The van der Waals surface area contributed by atoms with Crippen molar-refractivity contribution < 1.29 is 9.53 Å². The summed E-state index contributed by atoms with van der Waals surface area (Å²) in [5.41, 5.74) is 0. The largest absolute Gasteiger partial charge is 0.426 e. The normalized spacial score (nSPS) is 13.6. The van der Waals surface area contributed by atoms with Gasteiger partial charge >= 0.3 is 5.97 Å². The maximum Gasteiger partial charge on any atom is 0.328 e. The predicted octanol–water partition coefficient (Wildman–Crippen LogP) is 2.78. The lowest BCUT2D eigenvalue weighted by Crippen LogP contribution is -2.24. The molecule has 0 saturated carbocycles. The van der Waals surface area contributed by atoms with Crippen LogP contribution in [0, 0.1) is 23.2 Å². The third-order valence-electron chi connectivity index (χ3n) is 2.57. The van der Waals surface area contributed by atoms with E-state index >= 15 is 0 Å². The third kappa shape index (κ3) is 3.09. The quantitative estimate of drug-likeness (QED) is 0.575. The number of esters is 1. The molecule has 0 aliphatic rings. The van der Waals surface area contributed by atoms with E-state index in [0.29, 0.717) is 5.75 Å². The number of hydrogen-bond acceptors (Lipinski definition) is 3. The zero-order valence-corrected chi connectivity index (χ0v) is 9.51. The average molecular weight is 217 g/mol. The fraction of sp³-hybridized carbons (Fsp3) is 0.385. The molecule has 84 valence electrons. The van der Waals surface area contributed by atoms with Gasteiger partial charge in [0, 0.05) is 0 Å². The zero-order chi connectivity index (χ0) is 12.0. The Morgan fingerprint density at radius 1 is 1.44 bits per heavy atom. The average Bonchev–Trinajstić information content (AvgIpc) is 2.31. The number of ether oxygens (including phenoxy) is 1. The molecule has 0 saturated heterocycles. The maximum atomic E-state index is 11.7. The SMILES string of the molecule is CCC(C)[C@H](C#N)C(=O)Oc1ccccc1. The highest BCUT2D eigenvalue weighted by molar-refractivity contribution is 5.77. The van der Waals surface area contributed by atoms with E-state index in [2.05, 4.69) is 0 Å². The minimum Gasteiger partial charge on any atom is -0.426 e. The molecular formula is C13H15NO2. The summed E-state index contributed by atoms with van der Waals surface area (Å²) in [5, 5.41) is 8.93. The Kier molecular flexibility index (Phi) is 4.53. The molecule has 1 rings (SSSR count). The van der Waals surface area contributed by atoms with Crippen LogP contribution in [0.3, 0.4) is 0 Å². The first-order chi connectivity index (χ1) is 7.69. The van der Waals surface area contributed by atoms with Crippen molar-refractivity contribution in [3.63, 3.8) is 0 Å². The van der Waals surface area contributed by atoms with E-state index in [1.807, 2.05) is 26.0 Å². The standard InChI is InChI=1S/C13H15NO2/c1-3-10(2)12(9-14)13(15)16-11-7-5-4-6-8-11/h4-8,10,12H,3H2,1-2H3/t10?,12-/m0/s1. The van der Waals surface area contributed by atoms with Crippen LogP contribution in [0.2, 0.25) is 0 Å². The molecular weight excluding hydrogens is 202 g/mol. The molecule has 16 heavy (non-hydrogen) atoms. The Morgan fingerprint density at radius 3 is 2.56 bits per heavy atom. The summed E-state index contributed by atoms with van der Waals surface area (Å²) in [6, 6.07) is 10.8. The molecule has 0 aromatic heterocycles. The fourth-order valence-electron chi connectivity index (χ4n) is 1.32. The summed E-state index contributed by atoms with van der Waals surface area (Å²) in [4.78, 5) is 11.7. The second-order valence-corrected chi connectivity index (χ2v) is 3.73. The van der Waals surface area contributed by atoms with Gasteiger partial charge in [-0.15, -0.1) is 0 Å². The second kappa shape index (κ2) is 5.92. The number of rotatable bonds is 4. The molecule has 1 unspecified atom stereocenters. The molecule has 0 heterocycles. The summed E-state index contributed by atoms with van der Waals surface area (Å²) in [5.74, 6) is -0.662. The van der Waals surface area contributed by atoms with Gasteiger partial charge in [-0.3, -0.25) is 4.79 Å². The number of hydrogen-bond donors (Lipinski definition) is 0. The molecule has 0 radical (unpaired) electrons. The number of benzene rings is 1. The molecule has 0 aliphatic carbocycles. The van der Waals surface area contributed by atoms with Crippen molar-refractivity contribution in [1.82, 2.24) is 0 Å². The van der Waals surface area contributed by atoms with Crippen LogP contribution in [0.1, 0.15) is 20.3 Å². The van der Waals surface area contributed by atoms with Gasteiger partial charge in [-0.2, -0.15) is 5.26 Å². The van der Waals surface area contributed by atoms with Crippen molar-refractivity contribution >= 4 is 5.97 Å². The minimum absolute atomic E-state index is 0.0150. The monoisotopic (exact) mass is 217 g/mol. The number of carbonyl (C=O) groups is 1. The number of nitrogens with zero attached hydrogens (tertiary/aromatic N) is 1. The van der Waals surface area contributed by atoms with E-state index in [1.165, 1.54) is 0 Å². The molecule has 1 aromatic rings. The van der Waals surface area contributed by atoms with Gasteiger partial charge in [0.25, 0.3) is 0 Å². The van der Waals surface area contributed by atoms with Gasteiger partial charge in [-0.25, -0.2) is 0 Å². The lowest BCUT2D eigenvalue weighted by molar-refractivity contribution is -0.138. The molecule has 0 fully saturated rings. The summed E-state index contributed by atoms with van der Waals surface area (Å²) >= 11 is 0. The first-order valence-electron chi connectivity index (χ1n) is 5.35. The van der Waals surface area contributed by atoms with Gasteiger partial charge in [0.1, 0.15) is 11.7 Å². The highest BCUT2D eigenvalue weighted by Gasteiger charge is 2.25. The van der Waals surface area contributed by atoms with E-state index in [4.69, 9.17) is 10.00 Å². The highest BCUT2D eigenvalue weighted by Crippen LogP contribution is 2.18. The summed E-state index contributed by atoms with van der Waals surface area (Å²) in [6.07, 6.45) is 0.780. The molecule has 0 N–H and O–H groups in total. The Labute approximate surface area is 95.7 Å².